The Balaban J connectivity index is 1.71. The number of fused-ring (bicyclic) bond motifs is 3. The van der Waals surface area contributed by atoms with Gasteiger partial charge >= 0.3 is 0 Å². The monoisotopic (exact) mass is 458 g/mol. The smallest absolute Gasteiger partial charge is 0.164 e. The molecule has 2 aliphatic heterocycles. The van der Waals surface area contributed by atoms with Crippen LogP contribution >= 0.6 is 7.92 Å². The van der Waals surface area contributed by atoms with E-state index in [1.807, 2.05) is 64.1 Å². The van der Waals surface area contributed by atoms with Crippen LogP contribution in [-0.4, -0.2) is 59.7 Å². The molecule has 2 aromatic rings. The molecule has 2 heterocycles. The number of hydrogen-bond donors (Lipinski definition) is 1. The SMILES string of the molecule is CO[C@@H]1[C@H]2OC(C)(C)O[C@H]2[C@@H]2OC(C)(C)O[C@@H]2[C@]1(O)P(c1ccccc1)c1ccccc1. The van der Waals surface area contributed by atoms with E-state index in [1.165, 1.54) is 0 Å². The maximum Gasteiger partial charge on any atom is 0.164 e. The summed E-state index contributed by atoms with van der Waals surface area (Å²) in [6.45, 7) is 7.50. The van der Waals surface area contributed by atoms with Gasteiger partial charge in [0.2, 0.25) is 0 Å². The summed E-state index contributed by atoms with van der Waals surface area (Å²) < 4.78 is 31.4. The summed E-state index contributed by atoms with van der Waals surface area (Å²) in [5.41, 5.74) is 0. The summed E-state index contributed by atoms with van der Waals surface area (Å²) >= 11 is 0. The fourth-order valence-corrected chi connectivity index (χ4v) is 8.37. The molecule has 6 nitrogen and oxygen atoms in total. The average Bonchev–Trinajstić information content (AvgIpc) is 3.25. The summed E-state index contributed by atoms with van der Waals surface area (Å²) in [7, 11) is 0.283. The summed E-state index contributed by atoms with van der Waals surface area (Å²) in [5.74, 6) is -1.69. The highest BCUT2D eigenvalue weighted by Gasteiger charge is 2.71. The van der Waals surface area contributed by atoms with Gasteiger partial charge in [-0.25, -0.2) is 0 Å². The number of rotatable bonds is 4. The lowest BCUT2D eigenvalue weighted by atomic mass is 9.84. The molecule has 0 unspecified atom stereocenters. The first-order chi connectivity index (χ1) is 15.2. The second-order valence-electron chi connectivity index (χ2n) is 9.53. The Labute approximate surface area is 190 Å². The van der Waals surface area contributed by atoms with Crippen molar-refractivity contribution in [2.45, 2.75) is 75.1 Å². The molecule has 3 aliphatic rings. The van der Waals surface area contributed by atoms with Crippen molar-refractivity contribution < 1.29 is 28.8 Å². The molecule has 0 amide bonds. The van der Waals surface area contributed by atoms with Crippen LogP contribution < -0.4 is 10.6 Å². The van der Waals surface area contributed by atoms with Crippen LogP contribution in [0.5, 0.6) is 0 Å². The van der Waals surface area contributed by atoms with E-state index in [1.54, 1.807) is 7.11 Å². The van der Waals surface area contributed by atoms with Crippen molar-refractivity contribution in [2.24, 2.45) is 0 Å². The Hall–Kier alpha value is -1.37. The third-order valence-corrected chi connectivity index (χ3v) is 9.25. The van der Waals surface area contributed by atoms with Crippen LogP contribution in [0.15, 0.2) is 60.7 Å². The molecule has 6 atom stereocenters. The zero-order valence-electron chi connectivity index (χ0n) is 19.1. The maximum absolute atomic E-state index is 12.8. The number of methoxy groups -OCH3 is 1. The van der Waals surface area contributed by atoms with E-state index in [9.17, 15) is 5.11 Å². The standard InChI is InChI=1S/C25H31O6P/c1-23(2)28-18-19(29-23)21(27-5)25(26,22-20(18)30-24(3,4)31-22)32(16-12-8-6-9-13-16)17-14-10-7-11-15-17/h6-15,18-22,26H,1-5H3/t18-,19+,20+,21-,22+,25-/m1/s1. The van der Waals surface area contributed by atoms with Gasteiger partial charge in [0.25, 0.3) is 0 Å². The fraction of sp³-hybridized carbons (Fsp3) is 0.520. The summed E-state index contributed by atoms with van der Waals surface area (Å²) in [4.78, 5) is 0. The Morgan fingerprint density at radius 1 is 0.719 bits per heavy atom. The highest BCUT2D eigenvalue weighted by atomic mass is 31.1. The van der Waals surface area contributed by atoms with Crippen LogP contribution in [0.4, 0.5) is 0 Å². The number of ether oxygens (including phenoxy) is 5. The van der Waals surface area contributed by atoms with Gasteiger partial charge < -0.3 is 28.8 Å². The van der Waals surface area contributed by atoms with Gasteiger partial charge in [0.15, 0.2) is 11.6 Å². The lowest BCUT2D eigenvalue weighted by molar-refractivity contribution is -0.200. The average molecular weight is 458 g/mol. The van der Waals surface area contributed by atoms with Gasteiger partial charge in [0.1, 0.15) is 35.9 Å². The number of benzene rings is 2. The number of aliphatic hydroxyl groups is 1. The molecule has 7 heteroatoms. The van der Waals surface area contributed by atoms with Crippen LogP contribution in [0.2, 0.25) is 0 Å². The van der Waals surface area contributed by atoms with Crippen LogP contribution in [0, 0.1) is 0 Å². The molecular formula is C25H31O6P. The van der Waals surface area contributed by atoms with Crippen molar-refractivity contribution >= 4 is 18.5 Å². The molecule has 0 aromatic heterocycles. The van der Waals surface area contributed by atoms with Crippen molar-refractivity contribution in [3.8, 4) is 0 Å². The molecule has 0 radical (unpaired) electrons. The predicted molar refractivity (Wildman–Crippen MR) is 122 cm³/mol. The summed E-state index contributed by atoms with van der Waals surface area (Å²) in [5, 5.41) is 13.4. The molecule has 2 aromatic carbocycles. The lowest BCUT2D eigenvalue weighted by Gasteiger charge is -2.52. The van der Waals surface area contributed by atoms with E-state index < -0.39 is 55.4 Å². The van der Waals surface area contributed by atoms with E-state index in [4.69, 9.17) is 23.7 Å². The minimum absolute atomic E-state index is 0.412. The van der Waals surface area contributed by atoms with Crippen molar-refractivity contribution in [3.63, 3.8) is 0 Å². The normalized spacial score (nSPS) is 37.3. The first-order valence-electron chi connectivity index (χ1n) is 11.0. The predicted octanol–water partition coefficient (Wildman–Crippen LogP) is 2.88. The van der Waals surface area contributed by atoms with E-state index in [2.05, 4.69) is 24.3 Å². The topological polar surface area (TPSA) is 66.4 Å². The maximum atomic E-state index is 12.8. The third kappa shape index (κ3) is 3.54. The van der Waals surface area contributed by atoms with Crippen molar-refractivity contribution in [2.75, 3.05) is 7.11 Å². The molecule has 5 rings (SSSR count). The van der Waals surface area contributed by atoms with E-state index in [0.29, 0.717) is 0 Å². The van der Waals surface area contributed by atoms with E-state index in [0.717, 1.165) is 10.6 Å². The molecule has 0 bridgehead atoms. The minimum Gasteiger partial charge on any atom is -0.379 e. The molecule has 0 spiro atoms. The van der Waals surface area contributed by atoms with Crippen LogP contribution in [0.25, 0.3) is 0 Å². The lowest BCUT2D eigenvalue weighted by Crippen LogP contribution is -2.69. The first-order valence-corrected chi connectivity index (χ1v) is 12.4. The van der Waals surface area contributed by atoms with Gasteiger partial charge in [-0.2, -0.15) is 0 Å². The molecular weight excluding hydrogens is 427 g/mol. The molecule has 2 saturated heterocycles. The fourth-order valence-electron chi connectivity index (χ4n) is 5.35. The molecule has 32 heavy (non-hydrogen) atoms. The third-order valence-electron chi connectivity index (χ3n) is 6.39. The summed E-state index contributed by atoms with van der Waals surface area (Å²) in [6, 6.07) is 20.2. The largest absolute Gasteiger partial charge is 0.379 e. The highest BCUT2D eigenvalue weighted by molar-refractivity contribution is 7.74. The Bertz CT molecular complexity index is 912. The zero-order chi connectivity index (χ0) is 22.7. The molecule has 1 N–H and O–H groups in total. The highest BCUT2D eigenvalue weighted by Crippen LogP contribution is 2.60. The van der Waals surface area contributed by atoms with Gasteiger partial charge in [0, 0.05) is 7.11 Å². The minimum atomic E-state index is -1.42. The quantitative estimate of drug-likeness (QED) is 0.711. The molecule has 1 aliphatic carbocycles. The van der Waals surface area contributed by atoms with Gasteiger partial charge in [-0.15, -0.1) is 0 Å². The van der Waals surface area contributed by atoms with Crippen LogP contribution in [-0.2, 0) is 23.7 Å². The van der Waals surface area contributed by atoms with E-state index in [-0.39, 0.29) is 0 Å². The second-order valence-corrected chi connectivity index (χ2v) is 12.0. The van der Waals surface area contributed by atoms with E-state index >= 15 is 0 Å². The van der Waals surface area contributed by atoms with Gasteiger partial charge in [-0.05, 0) is 46.2 Å². The Morgan fingerprint density at radius 3 is 1.72 bits per heavy atom. The molecule has 172 valence electrons. The van der Waals surface area contributed by atoms with Crippen molar-refractivity contribution in [1.82, 2.24) is 0 Å². The van der Waals surface area contributed by atoms with Gasteiger partial charge in [-0.3, -0.25) is 0 Å². The Kier molecular flexibility index (Phi) is 5.50. The van der Waals surface area contributed by atoms with Crippen LogP contribution in [0.1, 0.15) is 27.7 Å². The van der Waals surface area contributed by atoms with Crippen LogP contribution in [0.3, 0.4) is 0 Å². The zero-order valence-corrected chi connectivity index (χ0v) is 20.0. The number of hydrogen-bond acceptors (Lipinski definition) is 6. The van der Waals surface area contributed by atoms with Gasteiger partial charge in [-0.1, -0.05) is 60.7 Å². The Morgan fingerprint density at radius 2 is 1.19 bits per heavy atom. The first kappa shape index (κ1) is 22.4. The summed E-state index contributed by atoms with van der Waals surface area (Å²) in [6.07, 6.45) is -2.75. The van der Waals surface area contributed by atoms with Gasteiger partial charge in [0.05, 0.1) is 0 Å². The molecule has 1 saturated carbocycles. The van der Waals surface area contributed by atoms with Crippen molar-refractivity contribution in [3.05, 3.63) is 60.7 Å². The second kappa shape index (κ2) is 7.85. The van der Waals surface area contributed by atoms with Crippen molar-refractivity contribution in [1.29, 1.82) is 0 Å². The molecule has 3 fully saturated rings.